The molecule has 0 radical (unpaired) electrons. The van der Waals surface area contributed by atoms with Crippen LogP contribution in [0.25, 0.3) is 0 Å². The lowest BCUT2D eigenvalue weighted by atomic mass is 10.1. The predicted octanol–water partition coefficient (Wildman–Crippen LogP) is 6.76. The molecular formula is C23H23Cl4N3O3. The standard InChI is InChI=1S/C23H23Cl4N3O3/c24-16-5-4-15(20(26)8-16)11-32-23-3-1-2-18(33-23)12-31-22(10-30-14-28-13-29-30)19-7-6-17(25)9-21(19)27/h4-9,13-14,18,22-23H,1-3,10-12H2. The van der Waals surface area contributed by atoms with Gasteiger partial charge in [-0.2, -0.15) is 5.10 Å². The number of halogens is 4. The summed E-state index contributed by atoms with van der Waals surface area (Å²) in [6.07, 6.45) is 5.03. The number of hydrogen-bond donors (Lipinski definition) is 0. The van der Waals surface area contributed by atoms with E-state index in [1.165, 1.54) is 6.33 Å². The topological polar surface area (TPSA) is 58.4 Å². The van der Waals surface area contributed by atoms with Crippen LogP contribution in [0.2, 0.25) is 20.1 Å². The van der Waals surface area contributed by atoms with Crippen LogP contribution in [0, 0.1) is 0 Å². The Morgan fingerprint density at radius 3 is 2.55 bits per heavy atom. The normalized spacial score (nSPS) is 19.5. The molecule has 4 rings (SSSR count). The molecule has 1 aliphatic rings. The molecule has 1 fully saturated rings. The van der Waals surface area contributed by atoms with Crippen molar-refractivity contribution in [2.24, 2.45) is 0 Å². The molecule has 1 aliphatic heterocycles. The number of hydrogen-bond acceptors (Lipinski definition) is 5. The molecule has 1 aromatic heterocycles. The molecule has 2 heterocycles. The van der Waals surface area contributed by atoms with Gasteiger partial charge >= 0.3 is 0 Å². The summed E-state index contributed by atoms with van der Waals surface area (Å²) in [6, 6.07) is 10.7. The molecule has 0 saturated carbocycles. The Labute approximate surface area is 212 Å². The Balaban J connectivity index is 1.35. The summed E-state index contributed by atoms with van der Waals surface area (Å²) in [5.41, 5.74) is 1.70. The van der Waals surface area contributed by atoms with Gasteiger partial charge in [0.25, 0.3) is 0 Å². The molecule has 0 bridgehead atoms. The second-order valence-electron chi connectivity index (χ2n) is 7.77. The number of benzene rings is 2. The summed E-state index contributed by atoms with van der Waals surface area (Å²) in [5, 5.41) is 6.47. The van der Waals surface area contributed by atoms with Crippen LogP contribution in [0.3, 0.4) is 0 Å². The summed E-state index contributed by atoms with van der Waals surface area (Å²) < 4.78 is 20.1. The quantitative estimate of drug-likeness (QED) is 0.306. The minimum atomic E-state index is -0.339. The number of rotatable bonds is 9. The van der Waals surface area contributed by atoms with Crippen molar-refractivity contribution in [3.63, 3.8) is 0 Å². The number of ether oxygens (including phenoxy) is 3. The molecule has 3 aromatic rings. The van der Waals surface area contributed by atoms with Crippen LogP contribution >= 0.6 is 46.4 Å². The van der Waals surface area contributed by atoms with Crippen molar-refractivity contribution in [1.82, 2.24) is 14.8 Å². The average molecular weight is 531 g/mol. The highest BCUT2D eigenvalue weighted by molar-refractivity contribution is 6.35. The molecule has 1 saturated heterocycles. The first kappa shape index (κ1) is 24.7. The van der Waals surface area contributed by atoms with E-state index in [2.05, 4.69) is 10.1 Å². The lowest BCUT2D eigenvalue weighted by molar-refractivity contribution is -0.213. The fourth-order valence-electron chi connectivity index (χ4n) is 3.65. The molecule has 3 atom stereocenters. The molecule has 0 amide bonds. The van der Waals surface area contributed by atoms with Gasteiger partial charge in [0, 0.05) is 25.7 Å². The highest BCUT2D eigenvalue weighted by Crippen LogP contribution is 2.31. The Hall–Kier alpha value is -1.38. The first-order valence-corrected chi connectivity index (χ1v) is 12.1. The molecule has 3 unspecified atom stereocenters. The summed E-state index contributed by atoms with van der Waals surface area (Å²) in [5.74, 6) is 0. The summed E-state index contributed by atoms with van der Waals surface area (Å²) in [6.45, 7) is 1.20. The van der Waals surface area contributed by atoms with Crippen molar-refractivity contribution >= 4 is 46.4 Å². The Morgan fingerprint density at radius 1 is 1.03 bits per heavy atom. The van der Waals surface area contributed by atoms with Crippen molar-refractivity contribution < 1.29 is 14.2 Å². The van der Waals surface area contributed by atoms with Crippen LogP contribution in [0.4, 0.5) is 0 Å². The van der Waals surface area contributed by atoms with Gasteiger partial charge in [0.05, 0.1) is 25.9 Å². The van der Waals surface area contributed by atoms with Crippen molar-refractivity contribution in [1.29, 1.82) is 0 Å². The molecule has 0 spiro atoms. The van der Waals surface area contributed by atoms with E-state index in [1.54, 1.807) is 35.3 Å². The van der Waals surface area contributed by atoms with E-state index in [4.69, 9.17) is 60.6 Å². The maximum absolute atomic E-state index is 6.45. The van der Waals surface area contributed by atoms with Gasteiger partial charge in [0.1, 0.15) is 18.8 Å². The molecule has 10 heteroatoms. The second kappa shape index (κ2) is 11.8. The molecule has 0 aliphatic carbocycles. The summed E-state index contributed by atoms with van der Waals surface area (Å²) in [7, 11) is 0. The molecular weight excluding hydrogens is 508 g/mol. The van der Waals surface area contributed by atoms with Crippen LogP contribution < -0.4 is 0 Å². The Kier molecular flexibility index (Phi) is 8.88. The minimum Gasteiger partial charge on any atom is -0.369 e. The smallest absolute Gasteiger partial charge is 0.158 e. The fraction of sp³-hybridized carbons (Fsp3) is 0.391. The number of aromatic nitrogens is 3. The van der Waals surface area contributed by atoms with Gasteiger partial charge in [-0.3, -0.25) is 4.68 Å². The zero-order valence-electron chi connectivity index (χ0n) is 17.7. The van der Waals surface area contributed by atoms with Gasteiger partial charge in [0.2, 0.25) is 0 Å². The lowest BCUT2D eigenvalue weighted by Crippen LogP contribution is -2.33. The number of nitrogens with zero attached hydrogens (tertiary/aromatic N) is 3. The first-order chi connectivity index (χ1) is 16.0. The molecule has 0 N–H and O–H groups in total. The van der Waals surface area contributed by atoms with E-state index in [0.717, 1.165) is 30.4 Å². The van der Waals surface area contributed by atoms with Crippen LogP contribution in [-0.2, 0) is 27.4 Å². The van der Waals surface area contributed by atoms with Gasteiger partial charge in [-0.15, -0.1) is 0 Å². The van der Waals surface area contributed by atoms with Gasteiger partial charge in [-0.05, 0) is 49.1 Å². The first-order valence-electron chi connectivity index (χ1n) is 10.6. The largest absolute Gasteiger partial charge is 0.369 e. The van der Waals surface area contributed by atoms with Crippen molar-refractivity contribution in [2.75, 3.05) is 6.61 Å². The van der Waals surface area contributed by atoms with E-state index in [1.807, 2.05) is 12.1 Å². The predicted molar refractivity (Wildman–Crippen MR) is 129 cm³/mol. The van der Waals surface area contributed by atoms with E-state index < -0.39 is 0 Å². The van der Waals surface area contributed by atoms with E-state index in [9.17, 15) is 0 Å². The van der Waals surface area contributed by atoms with Gasteiger partial charge in [-0.25, -0.2) is 4.98 Å². The summed E-state index contributed by atoms with van der Waals surface area (Å²) >= 11 is 24.7. The zero-order chi connectivity index (χ0) is 23.2. The fourth-order valence-corrected chi connectivity index (χ4v) is 4.65. The van der Waals surface area contributed by atoms with Crippen LogP contribution in [0.1, 0.15) is 36.5 Å². The monoisotopic (exact) mass is 529 g/mol. The Morgan fingerprint density at radius 2 is 1.82 bits per heavy atom. The van der Waals surface area contributed by atoms with Gasteiger partial charge in [0.15, 0.2) is 6.29 Å². The van der Waals surface area contributed by atoms with Crippen molar-refractivity contribution in [2.45, 2.75) is 50.9 Å². The highest BCUT2D eigenvalue weighted by atomic mass is 35.5. The molecule has 2 aromatic carbocycles. The maximum atomic E-state index is 6.45. The highest BCUT2D eigenvalue weighted by Gasteiger charge is 2.26. The maximum Gasteiger partial charge on any atom is 0.158 e. The van der Waals surface area contributed by atoms with E-state index >= 15 is 0 Å². The van der Waals surface area contributed by atoms with Crippen molar-refractivity contribution in [3.05, 3.63) is 80.3 Å². The molecule has 6 nitrogen and oxygen atoms in total. The second-order valence-corrected chi connectivity index (χ2v) is 9.46. The van der Waals surface area contributed by atoms with Gasteiger partial charge in [-0.1, -0.05) is 58.5 Å². The Bertz CT molecular complexity index is 1050. The third kappa shape index (κ3) is 7.06. The van der Waals surface area contributed by atoms with Crippen LogP contribution in [0.5, 0.6) is 0 Å². The summed E-state index contributed by atoms with van der Waals surface area (Å²) in [4.78, 5) is 4.01. The van der Waals surface area contributed by atoms with Crippen LogP contribution in [-0.4, -0.2) is 33.8 Å². The average Bonchev–Trinajstić information content (AvgIpc) is 3.30. The third-order valence-electron chi connectivity index (χ3n) is 5.36. The SMILES string of the molecule is Clc1ccc(COC2CCCC(COC(Cn3cncn3)c3ccc(Cl)cc3Cl)O2)c(Cl)c1. The van der Waals surface area contributed by atoms with Crippen molar-refractivity contribution in [3.8, 4) is 0 Å². The minimum absolute atomic E-state index is 0.103. The van der Waals surface area contributed by atoms with E-state index in [0.29, 0.717) is 39.8 Å². The van der Waals surface area contributed by atoms with E-state index in [-0.39, 0.29) is 18.5 Å². The third-order valence-corrected chi connectivity index (χ3v) is 6.51. The zero-order valence-corrected chi connectivity index (χ0v) is 20.7. The molecule has 176 valence electrons. The van der Waals surface area contributed by atoms with Gasteiger partial charge < -0.3 is 14.2 Å². The van der Waals surface area contributed by atoms with Crippen LogP contribution in [0.15, 0.2) is 49.1 Å². The lowest BCUT2D eigenvalue weighted by Gasteiger charge is -2.31. The molecule has 33 heavy (non-hydrogen) atoms.